The van der Waals surface area contributed by atoms with Crippen LogP contribution in [0.3, 0.4) is 0 Å². The second-order valence-corrected chi connectivity index (χ2v) is 6.39. The fourth-order valence-corrected chi connectivity index (χ4v) is 3.26. The van der Waals surface area contributed by atoms with E-state index in [1.807, 2.05) is 13.8 Å². The van der Waals surface area contributed by atoms with Crippen LogP contribution in [0.4, 0.5) is 5.69 Å². The van der Waals surface area contributed by atoms with Crippen LogP contribution in [-0.4, -0.2) is 30.9 Å². The lowest BCUT2D eigenvalue weighted by molar-refractivity contribution is 0.0160. The number of ether oxygens (including phenoxy) is 1. The van der Waals surface area contributed by atoms with Gasteiger partial charge in [-0.05, 0) is 43.0 Å². The Kier molecular flexibility index (Phi) is 4.68. The first kappa shape index (κ1) is 16.0. The molecule has 5 heteroatoms. The summed E-state index contributed by atoms with van der Waals surface area (Å²) in [6.07, 6.45) is 2.39. The number of hydrogen-bond donors (Lipinski definition) is 4. The van der Waals surface area contributed by atoms with Crippen LogP contribution < -0.4 is 16.4 Å². The molecule has 0 aromatic heterocycles. The SMILES string of the molecule is CCC(=N)/C(C)=C(\N)CNc1ccc(C2OC3CNC2C3)cc1. The van der Waals surface area contributed by atoms with Crippen molar-refractivity contribution in [3.8, 4) is 0 Å². The summed E-state index contributed by atoms with van der Waals surface area (Å²) in [5, 5.41) is 14.7. The standard InChI is InChI=1S/C18H26N4O/c1-3-15(19)11(2)16(20)10-21-13-6-4-12(5-7-13)18-17-8-14(23-18)9-22-17/h4-7,14,17-19,21-22H,3,8-10,20H2,1-2H3/b16-11-,19-15?. The lowest BCUT2D eigenvalue weighted by Crippen LogP contribution is -2.33. The van der Waals surface area contributed by atoms with Crippen molar-refractivity contribution in [1.82, 2.24) is 5.32 Å². The minimum atomic E-state index is 0.181. The van der Waals surface area contributed by atoms with Gasteiger partial charge in [-0.3, -0.25) is 0 Å². The smallest absolute Gasteiger partial charge is 0.0983 e. The average Bonchev–Trinajstić information content (AvgIpc) is 3.22. The molecule has 3 rings (SSSR count). The van der Waals surface area contributed by atoms with Crippen molar-refractivity contribution in [2.45, 2.75) is 44.9 Å². The maximum atomic E-state index is 7.84. The van der Waals surface area contributed by atoms with Gasteiger partial charge in [0.2, 0.25) is 0 Å². The normalized spacial score (nSPS) is 27.0. The summed E-state index contributed by atoms with van der Waals surface area (Å²) in [5.41, 5.74) is 10.5. The van der Waals surface area contributed by atoms with Crippen LogP contribution in [0, 0.1) is 5.41 Å². The maximum Gasteiger partial charge on any atom is 0.0983 e. The van der Waals surface area contributed by atoms with Crippen molar-refractivity contribution >= 4 is 11.4 Å². The van der Waals surface area contributed by atoms with E-state index in [4.69, 9.17) is 15.9 Å². The van der Waals surface area contributed by atoms with Crippen molar-refractivity contribution in [2.75, 3.05) is 18.4 Å². The quantitative estimate of drug-likeness (QED) is 0.608. The van der Waals surface area contributed by atoms with Crippen LogP contribution >= 0.6 is 0 Å². The molecule has 3 atom stereocenters. The molecule has 0 radical (unpaired) electrons. The van der Waals surface area contributed by atoms with Crippen molar-refractivity contribution < 1.29 is 4.74 Å². The van der Waals surface area contributed by atoms with Gasteiger partial charge in [0.05, 0.1) is 18.8 Å². The molecule has 0 amide bonds. The van der Waals surface area contributed by atoms with Crippen LogP contribution in [0.25, 0.3) is 0 Å². The summed E-state index contributed by atoms with van der Waals surface area (Å²) in [4.78, 5) is 0. The number of nitrogens with one attached hydrogen (secondary N) is 3. The molecular formula is C18H26N4O. The largest absolute Gasteiger partial charge is 0.400 e. The van der Waals surface area contributed by atoms with Gasteiger partial charge in [-0.15, -0.1) is 0 Å². The molecule has 2 heterocycles. The Morgan fingerprint density at radius 2 is 2.13 bits per heavy atom. The zero-order valence-electron chi connectivity index (χ0n) is 13.9. The molecule has 2 aliphatic rings. The molecule has 0 spiro atoms. The summed E-state index contributed by atoms with van der Waals surface area (Å²) in [5.74, 6) is 0. The van der Waals surface area contributed by atoms with Gasteiger partial charge >= 0.3 is 0 Å². The third kappa shape index (κ3) is 3.41. The number of anilines is 1. The Labute approximate surface area is 137 Å². The number of rotatable bonds is 6. The molecule has 23 heavy (non-hydrogen) atoms. The predicted molar refractivity (Wildman–Crippen MR) is 93.9 cm³/mol. The van der Waals surface area contributed by atoms with Gasteiger partial charge in [-0.25, -0.2) is 0 Å². The predicted octanol–water partition coefficient (Wildman–Crippen LogP) is 2.56. The third-order valence-electron chi connectivity index (χ3n) is 4.84. The van der Waals surface area contributed by atoms with E-state index in [0.29, 0.717) is 30.8 Å². The summed E-state index contributed by atoms with van der Waals surface area (Å²) in [7, 11) is 0. The Morgan fingerprint density at radius 1 is 1.39 bits per heavy atom. The second-order valence-electron chi connectivity index (χ2n) is 6.39. The Morgan fingerprint density at radius 3 is 2.70 bits per heavy atom. The monoisotopic (exact) mass is 314 g/mol. The highest BCUT2D eigenvalue weighted by molar-refractivity contribution is 5.97. The van der Waals surface area contributed by atoms with E-state index >= 15 is 0 Å². The highest BCUT2D eigenvalue weighted by Gasteiger charge is 2.41. The summed E-state index contributed by atoms with van der Waals surface area (Å²) in [6.45, 7) is 5.42. The van der Waals surface area contributed by atoms with Crippen molar-refractivity contribution in [3.63, 3.8) is 0 Å². The average molecular weight is 314 g/mol. The van der Waals surface area contributed by atoms with E-state index in [1.165, 1.54) is 5.56 Å². The van der Waals surface area contributed by atoms with Gasteiger partial charge in [0.1, 0.15) is 0 Å². The van der Waals surface area contributed by atoms with Crippen LogP contribution in [0.1, 0.15) is 38.4 Å². The number of allylic oxidation sites excluding steroid dienone is 1. The molecule has 0 aliphatic carbocycles. The Bertz CT molecular complexity index is 608. The zero-order valence-corrected chi connectivity index (χ0v) is 13.9. The maximum absolute atomic E-state index is 7.84. The van der Waals surface area contributed by atoms with E-state index in [2.05, 4.69) is 34.9 Å². The van der Waals surface area contributed by atoms with Gasteiger partial charge in [-0.1, -0.05) is 19.1 Å². The Hall–Kier alpha value is -1.85. The molecular weight excluding hydrogens is 288 g/mol. The second kappa shape index (κ2) is 6.72. The number of hydrogen-bond acceptors (Lipinski definition) is 5. The summed E-state index contributed by atoms with van der Waals surface area (Å²) < 4.78 is 6.02. The summed E-state index contributed by atoms with van der Waals surface area (Å²) in [6, 6.07) is 8.84. The molecule has 124 valence electrons. The van der Waals surface area contributed by atoms with Crippen molar-refractivity contribution in [1.29, 1.82) is 5.41 Å². The fourth-order valence-electron chi connectivity index (χ4n) is 3.26. The number of benzene rings is 1. The van der Waals surface area contributed by atoms with Crippen LogP contribution in [0.2, 0.25) is 0 Å². The van der Waals surface area contributed by atoms with Crippen LogP contribution in [-0.2, 0) is 4.74 Å². The first-order valence-electron chi connectivity index (χ1n) is 8.34. The first-order valence-corrected chi connectivity index (χ1v) is 8.34. The van der Waals surface area contributed by atoms with E-state index in [9.17, 15) is 0 Å². The molecule has 5 nitrogen and oxygen atoms in total. The van der Waals surface area contributed by atoms with Crippen molar-refractivity contribution in [3.05, 3.63) is 41.1 Å². The van der Waals surface area contributed by atoms with Gasteiger partial charge in [0.15, 0.2) is 0 Å². The fraction of sp³-hybridized carbons (Fsp3) is 0.500. The molecule has 1 aromatic carbocycles. The molecule has 1 aromatic rings. The number of fused-ring (bicyclic) bond motifs is 2. The van der Waals surface area contributed by atoms with Gasteiger partial charge < -0.3 is 26.5 Å². The minimum Gasteiger partial charge on any atom is -0.400 e. The molecule has 3 unspecified atom stereocenters. The van der Waals surface area contributed by atoms with Gasteiger partial charge in [-0.2, -0.15) is 0 Å². The zero-order chi connectivity index (χ0) is 16.4. The highest BCUT2D eigenvalue weighted by atomic mass is 16.5. The number of morpholine rings is 1. The molecule has 2 saturated heterocycles. The molecule has 2 bridgehead atoms. The van der Waals surface area contributed by atoms with Crippen molar-refractivity contribution in [2.24, 2.45) is 5.73 Å². The van der Waals surface area contributed by atoms with E-state index in [-0.39, 0.29) is 6.10 Å². The topological polar surface area (TPSA) is 83.2 Å². The van der Waals surface area contributed by atoms with Gasteiger partial charge in [0, 0.05) is 29.7 Å². The van der Waals surface area contributed by atoms with Crippen LogP contribution in [0.15, 0.2) is 35.5 Å². The number of nitrogens with two attached hydrogens (primary N) is 1. The van der Waals surface area contributed by atoms with Gasteiger partial charge in [0.25, 0.3) is 0 Å². The third-order valence-corrected chi connectivity index (χ3v) is 4.84. The molecule has 5 N–H and O–H groups in total. The Balaban J connectivity index is 1.59. The van der Waals surface area contributed by atoms with E-state index in [0.717, 1.165) is 29.9 Å². The van der Waals surface area contributed by atoms with E-state index < -0.39 is 0 Å². The lowest BCUT2D eigenvalue weighted by atomic mass is 10.0. The van der Waals surface area contributed by atoms with Crippen LogP contribution in [0.5, 0.6) is 0 Å². The highest BCUT2D eigenvalue weighted by Crippen LogP contribution is 2.36. The minimum absolute atomic E-state index is 0.181. The first-order chi connectivity index (χ1) is 11.1. The summed E-state index contributed by atoms with van der Waals surface area (Å²) >= 11 is 0. The molecule has 2 aliphatic heterocycles. The molecule has 2 fully saturated rings. The molecule has 0 saturated carbocycles. The van der Waals surface area contributed by atoms with E-state index in [1.54, 1.807) is 0 Å². The lowest BCUT2D eigenvalue weighted by Gasteiger charge is -2.23.